The molecule has 3 aliphatic rings. The fourth-order valence-electron chi connectivity index (χ4n) is 3.30. The van der Waals surface area contributed by atoms with Crippen LogP contribution in [0.15, 0.2) is 38.0 Å². The molecule has 0 aromatic carbocycles. The highest BCUT2D eigenvalue weighted by molar-refractivity contribution is 6.59. The van der Waals surface area contributed by atoms with E-state index in [-0.39, 0.29) is 18.3 Å². The lowest BCUT2D eigenvalue weighted by atomic mass is 10.2. The summed E-state index contributed by atoms with van der Waals surface area (Å²) < 4.78 is 35.8. The first kappa shape index (κ1) is 22.4. The van der Waals surface area contributed by atoms with Crippen molar-refractivity contribution >= 4 is 8.80 Å². The Morgan fingerprint density at radius 1 is 0.778 bits per heavy atom. The zero-order chi connectivity index (χ0) is 19.5. The van der Waals surface area contributed by atoms with Crippen LogP contribution < -0.4 is 0 Å². The number of rotatable bonds is 12. The molecule has 0 amide bonds. The lowest BCUT2D eigenvalue weighted by molar-refractivity contribution is -0.121. The Balaban J connectivity index is 2.05. The van der Waals surface area contributed by atoms with E-state index in [4.69, 9.17) is 27.5 Å². The van der Waals surface area contributed by atoms with Crippen molar-refractivity contribution in [1.29, 1.82) is 0 Å². The van der Waals surface area contributed by atoms with Crippen LogP contribution in [0.4, 0.5) is 0 Å². The van der Waals surface area contributed by atoms with Gasteiger partial charge in [-0.3, -0.25) is 4.90 Å². The Kier molecular flexibility index (Phi) is 9.87. The summed E-state index contributed by atoms with van der Waals surface area (Å²) in [7, 11) is -2.90. The molecular weight excluding hydrogens is 366 g/mol. The number of ether oxygens (including phenoxy) is 3. The third-order valence-electron chi connectivity index (χ3n) is 4.15. The van der Waals surface area contributed by atoms with E-state index in [0.29, 0.717) is 39.6 Å². The lowest BCUT2D eigenvalue weighted by Gasteiger charge is -2.45. The molecule has 154 valence electrons. The highest BCUT2D eigenvalue weighted by Gasteiger charge is 2.47. The van der Waals surface area contributed by atoms with E-state index in [1.165, 1.54) is 0 Å². The molecule has 3 atom stereocenters. The van der Waals surface area contributed by atoms with E-state index in [1.807, 2.05) is 6.55 Å². The number of hydrogen-bond acceptors (Lipinski definition) is 7. The Labute approximate surface area is 163 Å². The zero-order valence-electron chi connectivity index (χ0n) is 16.3. The molecule has 3 rings (SSSR count). The van der Waals surface area contributed by atoms with Gasteiger partial charge < -0.3 is 27.5 Å². The molecule has 3 saturated heterocycles. The lowest BCUT2D eigenvalue weighted by Crippen LogP contribution is -2.63. The Hall–Kier alpha value is -0.843. The van der Waals surface area contributed by atoms with Crippen LogP contribution in [0.3, 0.4) is 0 Å². The van der Waals surface area contributed by atoms with Crippen molar-refractivity contribution in [2.45, 2.75) is 24.9 Å². The molecule has 0 aliphatic carbocycles. The van der Waals surface area contributed by atoms with Gasteiger partial charge in [0.2, 0.25) is 0 Å². The third-order valence-corrected chi connectivity index (χ3v) is 6.43. The standard InChI is InChI=1S/C19H33NO6Si/c1-5-8-21-14-17-11-20-12-18(15-22-9-6-2)25-27(4,24-17)26-19(13-20)16-23-10-7-3/h5-7,17-19H,1-3,8-16H2,4H3. The van der Waals surface area contributed by atoms with E-state index >= 15 is 0 Å². The van der Waals surface area contributed by atoms with Gasteiger partial charge in [0.1, 0.15) is 0 Å². The maximum atomic E-state index is 6.31. The van der Waals surface area contributed by atoms with Gasteiger partial charge in [0.25, 0.3) is 0 Å². The summed E-state index contributed by atoms with van der Waals surface area (Å²) in [5, 5.41) is 0. The molecule has 3 aliphatic heterocycles. The summed E-state index contributed by atoms with van der Waals surface area (Å²) in [6, 6.07) is 0. The fraction of sp³-hybridized carbons (Fsp3) is 0.684. The van der Waals surface area contributed by atoms with Crippen LogP contribution in [0.2, 0.25) is 6.55 Å². The van der Waals surface area contributed by atoms with Crippen molar-refractivity contribution in [1.82, 2.24) is 4.90 Å². The Morgan fingerprint density at radius 3 is 1.41 bits per heavy atom. The summed E-state index contributed by atoms with van der Waals surface area (Å²) in [4.78, 5) is 2.28. The van der Waals surface area contributed by atoms with Crippen molar-refractivity contribution < 1.29 is 27.5 Å². The molecule has 0 spiro atoms. The topological polar surface area (TPSA) is 58.6 Å². The first-order valence-corrected chi connectivity index (χ1v) is 11.6. The summed E-state index contributed by atoms with van der Waals surface area (Å²) in [6.45, 7) is 18.2. The van der Waals surface area contributed by atoms with Crippen molar-refractivity contribution in [3.05, 3.63) is 38.0 Å². The summed E-state index contributed by atoms with van der Waals surface area (Å²) in [5.41, 5.74) is 0. The second-order valence-corrected chi connectivity index (χ2v) is 9.21. The average molecular weight is 400 g/mol. The smallest absolute Gasteiger partial charge is 0.375 e. The van der Waals surface area contributed by atoms with Gasteiger partial charge in [-0.2, -0.15) is 0 Å². The van der Waals surface area contributed by atoms with Crippen LogP contribution in [-0.4, -0.2) is 91.3 Å². The fourth-order valence-corrected chi connectivity index (χ4v) is 5.71. The summed E-state index contributed by atoms with van der Waals surface area (Å²) in [6.07, 6.45) is 4.88. The van der Waals surface area contributed by atoms with E-state index in [0.717, 1.165) is 19.6 Å². The molecule has 2 bridgehead atoms. The Bertz CT molecular complexity index is 413. The molecule has 3 unspecified atom stereocenters. The molecule has 0 aromatic heterocycles. The molecule has 7 nitrogen and oxygen atoms in total. The van der Waals surface area contributed by atoms with Crippen molar-refractivity contribution in [3.8, 4) is 0 Å². The first-order valence-electron chi connectivity index (χ1n) is 9.40. The number of fused-ring (bicyclic) bond motifs is 6. The van der Waals surface area contributed by atoms with Gasteiger partial charge in [-0.25, -0.2) is 0 Å². The third kappa shape index (κ3) is 7.96. The second-order valence-electron chi connectivity index (χ2n) is 6.78. The highest BCUT2D eigenvalue weighted by Crippen LogP contribution is 2.25. The first-order chi connectivity index (χ1) is 13.1. The molecule has 8 heteroatoms. The summed E-state index contributed by atoms with van der Waals surface area (Å²) in [5.74, 6) is 0. The van der Waals surface area contributed by atoms with Crippen LogP contribution in [0.5, 0.6) is 0 Å². The van der Waals surface area contributed by atoms with Crippen molar-refractivity contribution in [2.75, 3.05) is 59.3 Å². The number of hydrogen-bond donors (Lipinski definition) is 0. The number of nitrogens with zero attached hydrogens (tertiary/aromatic N) is 1. The Morgan fingerprint density at radius 2 is 1.11 bits per heavy atom. The quantitative estimate of drug-likeness (QED) is 0.281. The molecule has 27 heavy (non-hydrogen) atoms. The van der Waals surface area contributed by atoms with Crippen LogP contribution in [0.25, 0.3) is 0 Å². The molecule has 0 saturated carbocycles. The minimum absolute atomic E-state index is 0.105. The summed E-state index contributed by atoms with van der Waals surface area (Å²) >= 11 is 0. The molecular formula is C19H33NO6Si. The predicted molar refractivity (Wildman–Crippen MR) is 106 cm³/mol. The monoisotopic (exact) mass is 399 g/mol. The highest BCUT2D eigenvalue weighted by atomic mass is 28.4. The molecule has 3 fully saturated rings. The maximum Gasteiger partial charge on any atom is 0.498 e. The minimum atomic E-state index is -2.90. The van der Waals surface area contributed by atoms with Gasteiger partial charge >= 0.3 is 8.80 Å². The molecule has 0 N–H and O–H groups in total. The SMILES string of the molecule is C=CCOCC1CN2CC(COCC=C)O[Si](C)(O1)OC(COCC=C)C2. The normalized spacial score (nSPS) is 33.7. The van der Waals surface area contributed by atoms with Crippen molar-refractivity contribution in [3.63, 3.8) is 0 Å². The van der Waals surface area contributed by atoms with Crippen LogP contribution in [0.1, 0.15) is 0 Å². The van der Waals surface area contributed by atoms with Crippen LogP contribution in [0, 0.1) is 0 Å². The average Bonchev–Trinajstić information content (AvgIpc) is 2.59. The minimum Gasteiger partial charge on any atom is -0.375 e. The molecule has 0 aromatic rings. The van der Waals surface area contributed by atoms with Gasteiger partial charge in [-0.1, -0.05) is 18.2 Å². The van der Waals surface area contributed by atoms with Gasteiger partial charge in [-0.05, 0) is 0 Å². The van der Waals surface area contributed by atoms with Gasteiger partial charge in [0.05, 0.1) is 58.0 Å². The predicted octanol–water partition coefficient (Wildman–Crippen LogP) is 1.65. The van der Waals surface area contributed by atoms with Gasteiger partial charge in [-0.15, -0.1) is 19.7 Å². The van der Waals surface area contributed by atoms with Gasteiger partial charge in [0, 0.05) is 26.2 Å². The van der Waals surface area contributed by atoms with Crippen LogP contribution in [-0.2, 0) is 27.5 Å². The van der Waals surface area contributed by atoms with E-state index < -0.39 is 8.80 Å². The van der Waals surface area contributed by atoms with E-state index in [9.17, 15) is 0 Å². The maximum absolute atomic E-state index is 6.31. The molecule has 3 heterocycles. The van der Waals surface area contributed by atoms with Crippen LogP contribution >= 0.6 is 0 Å². The van der Waals surface area contributed by atoms with E-state index in [2.05, 4.69) is 24.6 Å². The van der Waals surface area contributed by atoms with Crippen molar-refractivity contribution in [2.24, 2.45) is 0 Å². The van der Waals surface area contributed by atoms with Gasteiger partial charge in [0.15, 0.2) is 0 Å². The largest absolute Gasteiger partial charge is 0.498 e. The zero-order valence-corrected chi connectivity index (χ0v) is 17.3. The second kappa shape index (κ2) is 11.9. The molecule has 0 radical (unpaired) electrons. The van der Waals surface area contributed by atoms with E-state index in [1.54, 1.807) is 18.2 Å².